The highest BCUT2D eigenvalue weighted by Gasteiger charge is 2.22. The van der Waals surface area contributed by atoms with Gasteiger partial charge in [0, 0.05) is 37.0 Å². The van der Waals surface area contributed by atoms with Crippen LogP contribution in [-0.4, -0.2) is 43.9 Å². The Morgan fingerprint density at radius 1 is 1.36 bits per heavy atom. The fourth-order valence-corrected chi connectivity index (χ4v) is 3.26. The summed E-state index contributed by atoms with van der Waals surface area (Å²) >= 11 is 0. The van der Waals surface area contributed by atoms with Crippen LogP contribution in [0.5, 0.6) is 5.75 Å². The first-order valence-electron chi connectivity index (χ1n) is 8.51. The molecule has 1 aromatic carbocycles. The molecular formula is C18H21N5O2. The maximum atomic E-state index is 10.2. The van der Waals surface area contributed by atoms with Gasteiger partial charge in [-0.3, -0.25) is 0 Å². The summed E-state index contributed by atoms with van der Waals surface area (Å²) in [6.07, 6.45) is 3.82. The Labute approximate surface area is 145 Å². The summed E-state index contributed by atoms with van der Waals surface area (Å²) in [5.74, 6) is 1.77. The number of phenolic OH excluding ortho intramolecular Hbond substituents is 1. The first kappa shape index (κ1) is 15.8. The number of anilines is 1. The zero-order valence-corrected chi connectivity index (χ0v) is 14.2. The monoisotopic (exact) mass is 339 g/mol. The third-order valence-corrected chi connectivity index (χ3v) is 4.49. The average Bonchev–Trinajstić information content (AvgIpc) is 3.26. The number of rotatable bonds is 5. The number of ether oxygens (including phenoxy) is 1. The number of hydrogen-bond donors (Lipinski definition) is 1. The Hall–Kier alpha value is -2.67. The van der Waals surface area contributed by atoms with Crippen LogP contribution in [0.3, 0.4) is 0 Å². The van der Waals surface area contributed by atoms with Crippen molar-refractivity contribution >= 4 is 11.6 Å². The van der Waals surface area contributed by atoms with Gasteiger partial charge in [0.05, 0.1) is 6.10 Å². The third-order valence-electron chi connectivity index (χ3n) is 4.49. The summed E-state index contributed by atoms with van der Waals surface area (Å²) < 4.78 is 7.57. The van der Waals surface area contributed by atoms with Crippen LogP contribution < -0.4 is 4.90 Å². The number of benzene rings is 1. The predicted molar refractivity (Wildman–Crippen MR) is 93.6 cm³/mol. The minimum Gasteiger partial charge on any atom is -0.508 e. The van der Waals surface area contributed by atoms with E-state index in [-0.39, 0.29) is 6.10 Å². The van der Waals surface area contributed by atoms with Crippen molar-refractivity contribution in [2.75, 3.05) is 18.1 Å². The Bertz CT molecular complexity index is 873. The first-order valence-corrected chi connectivity index (χ1v) is 8.51. The molecule has 0 spiro atoms. The summed E-state index contributed by atoms with van der Waals surface area (Å²) in [5, 5.41) is 14.5. The van der Waals surface area contributed by atoms with Crippen molar-refractivity contribution in [3.8, 4) is 5.75 Å². The van der Waals surface area contributed by atoms with Gasteiger partial charge in [0.25, 0.3) is 5.78 Å². The first-order chi connectivity index (χ1) is 12.2. The van der Waals surface area contributed by atoms with E-state index in [2.05, 4.69) is 20.0 Å². The second-order valence-electron chi connectivity index (χ2n) is 6.37. The van der Waals surface area contributed by atoms with Gasteiger partial charge in [-0.05, 0) is 25.8 Å². The van der Waals surface area contributed by atoms with Crippen molar-refractivity contribution in [3.05, 3.63) is 47.9 Å². The van der Waals surface area contributed by atoms with Gasteiger partial charge in [0.2, 0.25) is 0 Å². The summed E-state index contributed by atoms with van der Waals surface area (Å²) in [4.78, 5) is 10.8. The lowest BCUT2D eigenvalue weighted by Gasteiger charge is -2.28. The van der Waals surface area contributed by atoms with Crippen molar-refractivity contribution in [1.29, 1.82) is 0 Å². The number of aromatic nitrogens is 4. The summed E-state index contributed by atoms with van der Waals surface area (Å²) in [6, 6.07) is 9.40. The van der Waals surface area contributed by atoms with E-state index in [0.29, 0.717) is 18.1 Å². The quantitative estimate of drug-likeness (QED) is 0.769. The van der Waals surface area contributed by atoms with Crippen LogP contribution in [0.4, 0.5) is 5.82 Å². The second-order valence-corrected chi connectivity index (χ2v) is 6.37. The van der Waals surface area contributed by atoms with Gasteiger partial charge in [-0.2, -0.15) is 14.6 Å². The number of hydrogen-bond acceptors (Lipinski definition) is 6. The Morgan fingerprint density at radius 2 is 2.24 bits per heavy atom. The molecular weight excluding hydrogens is 318 g/mol. The zero-order chi connectivity index (χ0) is 17.2. The van der Waals surface area contributed by atoms with E-state index >= 15 is 0 Å². The lowest BCUT2D eigenvalue weighted by molar-refractivity contribution is 0.115. The number of phenols is 1. The zero-order valence-electron chi connectivity index (χ0n) is 14.2. The lowest BCUT2D eigenvalue weighted by atomic mass is 10.1. The van der Waals surface area contributed by atoms with Gasteiger partial charge < -0.3 is 14.7 Å². The van der Waals surface area contributed by atoms with Gasteiger partial charge in [-0.15, -0.1) is 0 Å². The molecule has 0 saturated carbocycles. The molecule has 1 atom stereocenters. The molecule has 1 fully saturated rings. The molecule has 2 aromatic heterocycles. The summed E-state index contributed by atoms with van der Waals surface area (Å²) in [6.45, 7) is 4.04. The van der Waals surface area contributed by atoms with Gasteiger partial charge in [-0.25, -0.2) is 4.98 Å². The van der Waals surface area contributed by atoms with Crippen LogP contribution in [0.15, 0.2) is 36.7 Å². The van der Waals surface area contributed by atoms with Crippen LogP contribution in [0.2, 0.25) is 0 Å². The standard InChI is InChI=1S/C18H21N5O2/c1-13-9-17(23-18(21-13)19-12-20-23)22(11-15-6-4-8-25-15)10-14-5-2-3-7-16(14)24/h2-3,5,7,9,12,15,24H,4,6,8,10-11H2,1H3/t15-/m1/s1. The highest BCUT2D eigenvalue weighted by atomic mass is 16.5. The molecule has 130 valence electrons. The third kappa shape index (κ3) is 3.28. The van der Waals surface area contributed by atoms with Gasteiger partial charge in [-0.1, -0.05) is 18.2 Å². The smallest absolute Gasteiger partial charge is 0.254 e. The highest BCUT2D eigenvalue weighted by molar-refractivity contribution is 5.49. The molecule has 3 aromatic rings. The number of fused-ring (bicyclic) bond motifs is 1. The molecule has 0 radical (unpaired) electrons. The second kappa shape index (κ2) is 6.68. The van der Waals surface area contributed by atoms with E-state index in [1.807, 2.05) is 31.2 Å². The predicted octanol–water partition coefficient (Wildman–Crippen LogP) is 2.32. The molecule has 0 amide bonds. The largest absolute Gasteiger partial charge is 0.508 e. The van der Waals surface area contributed by atoms with Crippen LogP contribution >= 0.6 is 0 Å². The molecule has 0 bridgehead atoms. The van der Waals surface area contributed by atoms with Gasteiger partial charge in [0.15, 0.2) is 0 Å². The molecule has 7 nitrogen and oxygen atoms in total. The fraction of sp³-hybridized carbons (Fsp3) is 0.389. The van der Waals surface area contributed by atoms with Crippen molar-refractivity contribution in [2.24, 2.45) is 0 Å². The molecule has 0 aliphatic carbocycles. The molecule has 1 N–H and O–H groups in total. The molecule has 1 saturated heterocycles. The minimum absolute atomic E-state index is 0.179. The van der Waals surface area contributed by atoms with E-state index < -0.39 is 0 Å². The SMILES string of the molecule is Cc1cc(N(Cc2ccccc2O)C[C@H]2CCCO2)n2ncnc2n1. The maximum absolute atomic E-state index is 10.2. The molecule has 1 aliphatic heterocycles. The molecule has 3 heterocycles. The topological polar surface area (TPSA) is 75.8 Å². The van der Waals surface area contributed by atoms with Crippen LogP contribution in [0, 0.1) is 6.92 Å². The van der Waals surface area contributed by atoms with E-state index in [1.165, 1.54) is 6.33 Å². The molecule has 7 heteroatoms. The maximum Gasteiger partial charge on any atom is 0.254 e. The van der Waals surface area contributed by atoms with Crippen LogP contribution in [-0.2, 0) is 11.3 Å². The highest BCUT2D eigenvalue weighted by Crippen LogP contribution is 2.25. The number of nitrogens with zero attached hydrogens (tertiary/aromatic N) is 5. The summed E-state index contributed by atoms with van der Waals surface area (Å²) in [7, 11) is 0. The Balaban J connectivity index is 1.73. The number of para-hydroxylation sites is 1. The minimum atomic E-state index is 0.179. The van der Waals surface area contributed by atoms with Gasteiger partial charge in [0.1, 0.15) is 17.9 Å². The molecule has 1 aliphatic rings. The Kier molecular flexibility index (Phi) is 4.23. The van der Waals surface area contributed by atoms with Crippen molar-refractivity contribution in [2.45, 2.75) is 32.4 Å². The Morgan fingerprint density at radius 3 is 3.04 bits per heavy atom. The van der Waals surface area contributed by atoms with Crippen LogP contribution in [0.1, 0.15) is 24.1 Å². The fourth-order valence-electron chi connectivity index (χ4n) is 3.26. The van der Waals surface area contributed by atoms with E-state index in [4.69, 9.17) is 4.74 Å². The number of aryl methyl sites for hydroxylation is 1. The lowest BCUT2D eigenvalue weighted by Crippen LogP contribution is -2.33. The van der Waals surface area contributed by atoms with E-state index in [0.717, 1.165) is 43.1 Å². The average molecular weight is 339 g/mol. The molecule has 0 unspecified atom stereocenters. The van der Waals surface area contributed by atoms with E-state index in [9.17, 15) is 5.11 Å². The normalized spacial score (nSPS) is 17.2. The van der Waals surface area contributed by atoms with Crippen molar-refractivity contribution in [1.82, 2.24) is 19.6 Å². The van der Waals surface area contributed by atoms with E-state index in [1.54, 1.807) is 10.6 Å². The van der Waals surface area contributed by atoms with Crippen LogP contribution in [0.25, 0.3) is 5.78 Å². The van der Waals surface area contributed by atoms with Crippen molar-refractivity contribution < 1.29 is 9.84 Å². The number of aromatic hydroxyl groups is 1. The van der Waals surface area contributed by atoms with Crippen molar-refractivity contribution in [3.63, 3.8) is 0 Å². The summed E-state index contributed by atoms with van der Waals surface area (Å²) in [5.41, 5.74) is 1.74. The molecule has 25 heavy (non-hydrogen) atoms. The van der Waals surface area contributed by atoms with Gasteiger partial charge >= 0.3 is 0 Å². The molecule has 4 rings (SSSR count).